The smallest absolute Gasteiger partial charge is 0.306 e. The molecule has 0 aliphatic heterocycles. The first-order valence-corrected chi connectivity index (χ1v) is 13.3. The van der Waals surface area contributed by atoms with Crippen molar-refractivity contribution >= 4 is 23.5 Å². The van der Waals surface area contributed by atoms with Crippen molar-refractivity contribution in [1.82, 2.24) is 0 Å². The number of ether oxygens (including phenoxy) is 2. The van der Waals surface area contributed by atoms with Crippen LogP contribution in [0.15, 0.2) is 11.6 Å². The highest BCUT2D eigenvalue weighted by molar-refractivity contribution is 5.93. The Morgan fingerprint density at radius 3 is 2.51 bits per heavy atom. The first-order valence-electron chi connectivity index (χ1n) is 13.3. The van der Waals surface area contributed by atoms with Gasteiger partial charge < -0.3 is 14.6 Å². The maximum Gasteiger partial charge on any atom is 0.306 e. The van der Waals surface area contributed by atoms with E-state index in [0.29, 0.717) is 32.1 Å². The number of hydrogen-bond acceptors (Lipinski definition) is 7. The molecule has 1 N–H and O–H groups in total. The maximum atomic E-state index is 13.7. The summed E-state index contributed by atoms with van der Waals surface area (Å²) in [4.78, 5) is 50.4. The average molecular weight is 489 g/mol. The van der Waals surface area contributed by atoms with Crippen LogP contribution >= 0.6 is 0 Å². The van der Waals surface area contributed by atoms with Crippen LogP contribution in [0.25, 0.3) is 0 Å². The number of fused-ring (bicyclic) bond motifs is 5. The third kappa shape index (κ3) is 4.08. The van der Waals surface area contributed by atoms with E-state index < -0.39 is 35.7 Å². The minimum absolute atomic E-state index is 0.00356. The highest BCUT2D eigenvalue weighted by Crippen LogP contribution is 2.68. The minimum Gasteiger partial charge on any atom is -0.457 e. The van der Waals surface area contributed by atoms with Gasteiger partial charge in [-0.05, 0) is 74.2 Å². The fourth-order valence-corrected chi connectivity index (χ4v) is 8.17. The van der Waals surface area contributed by atoms with Crippen LogP contribution in [0.4, 0.5) is 0 Å². The molecule has 3 fully saturated rings. The summed E-state index contributed by atoms with van der Waals surface area (Å²) in [5, 5.41) is 11.6. The van der Waals surface area contributed by atoms with Crippen LogP contribution in [0.5, 0.6) is 0 Å². The van der Waals surface area contributed by atoms with E-state index in [1.54, 1.807) is 13.0 Å². The first kappa shape index (κ1) is 26.1. The Hall–Kier alpha value is -2.02. The molecule has 0 aromatic heterocycles. The third-order valence-corrected chi connectivity index (χ3v) is 9.86. The summed E-state index contributed by atoms with van der Waals surface area (Å²) in [5.41, 5.74) is -1.25. The van der Waals surface area contributed by atoms with Crippen molar-refractivity contribution in [2.75, 3.05) is 6.61 Å². The number of allylic oxidation sites excluding steroid dienone is 1. The minimum atomic E-state index is -1.41. The topological polar surface area (TPSA) is 107 Å². The van der Waals surface area contributed by atoms with Gasteiger partial charge in [-0.2, -0.15) is 0 Å². The Labute approximate surface area is 208 Å². The third-order valence-electron chi connectivity index (χ3n) is 9.86. The summed E-state index contributed by atoms with van der Waals surface area (Å²) in [6, 6.07) is 0. The molecule has 0 heterocycles. The summed E-state index contributed by atoms with van der Waals surface area (Å²) in [6.45, 7) is 7.30. The van der Waals surface area contributed by atoms with E-state index in [2.05, 4.69) is 6.92 Å². The number of carbonyl (C=O) groups excluding carboxylic acids is 4. The van der Waals surface area contributed by atoms with Gasteiger partial charge in [-0.25, -0.2) is 0 Å². The molecule has 35 heavy (non-hydrogen) atoms. The van der Waals surface area contributed by atoms with Crippen molar-refractivity contribution in [3.8, 4) is 0 Å². The summed E-state index contributed by atoms with van der Waals surface area (Å²) >= 11 is 0. The van der Waals surface area contributed by atoms with E-state index in [0.717, 1.165) is 24.8 Å². The highest BCUT2D eigenvalue weighted by atomic mass is 16.6. The molecular formula is C28H40O7. The summed E-state index contributed by atoms with van der Waals surface area (Å²) < 4.78 is 11.3. The van der Waals surface area contributed by atoms with Crippen LogP contribution in [0.2, 0.25) is 0 Å². The van der Waals surface area contributed by atoms with Crippen LogP contribution in [0, 0.1) is 28.6 Å². The van der Waals surface area contributed by atoms with Crippen molar-refractivity contribution < 1.29 is 33.8 Å². The summed E-state index contributed by atoms with van der Waals surface area (Å²) in [7, 11) is 0. The number of aliphatic hydroxyl groups excluding tert-OH is 1. The van der Waals surface area contributed by atoms with E-state index in [9.17, 15) is 24.3 Å². The Balaban J connectivity index is 1.70. The average Bonchev–Trinajstić information content (AvgIpc) is 3.09. The number of Topliss-reactive ketones (excluding diaryl/α,β-unsaturated/α-hetero) is 1. The zero-order valence-corrected chi connectivity index (χ0v) is 21.6. The number of aliphatic hydroxyl groups is 1. The largest absolute Gasteiger partial charge is 0.457 e. The zero-order chi connectivity index (χ0) is 25.6. The lowest BCUT2D eigenvalue weighted by atomic mass is 9.45. The molecule has 4 rings (SSSR count). The second-order valence-corrected chi connectivity index (χ2v) is 11.6. The van der Waals surface area contributed by atoms with E-state index in [-0.39, 0.29) is 47.6 Å². The van der Waals surface area contributed by atoms with E-state index >= 15 is 0 Å². The van der Waals surface area contributed by atoms with Gasteiger partial charge in [0, 0.05) is 24.7 Å². The Morgan fingerprint density at radius 2 is 1.83 bits per heavy atom. The van der Waals surface area contributed by atoms with Crippen molar-refractivity contribution in [1.29, 1.82) is 0 Å². The predicted octanol–water partition coefficient (Wildman–Crippen LogP) is 4.09. The van der Waals surface area contributed by atoms with Gasteiger partial charge >= 0.3 is 11.9 Å². The van der Waals surface area contributed by atoms with Gasteiger partial charge in [0.2, 0.25) is 5.78 Å². The number of ketones is 2. The molecule has 0 spiro atoms. The molecule has 7 heteroatoms. The molecule has 0 bridgehead atoms. The molecular weight excluding hydrogens is 448 g/mol. The second-order valence-electron chi connectivity index (χ2n) is 11.6. The molecule has 7 nitrogen and oxygen atoms in total. The molecule has 7 atom stereocenters. The van der Waals surface area contributed by atoms with Crippen LogP contribution in [-0.4, -0.2) is 46.9 Å². The molecule has 0 amide bonds. The lowest BCUT2D eigenvalue weighted by Gasteiger charge is -2.60. The SMILES string of the molecule is CCCC(=O)O[C@]1(C(=O)COC(=O)CC)CCC2C3CCC4=CC(=O)CC[C@]4(C)C3C(O)C[C@@]21C. The van der Waals surface area contributed by atoms with Crippen LogP contribution in [0.3, 0.4) is 0 Å². The molecule has 194 valence electrons. The van der Waals surface area contributed by atoms with Gasteiger partial charge in [-0.1, -0.05) is 33.3 Å². The van der Waals surface area contributed by atoms with Gasteiger partial charge in [0.05, 0.1) is 6.10 Å². The Morgan fingerprint density at radius 1 is 1.09 bits per heavy atom. The lowest BCUT2D eigenvalue weighted by molar-refractivity contribution is -0.203. The molecule has 4 aliphatic rings. The van der Waals surface area contributed by atoms with Crippen molar-refractivity contribution in [2.24, 2.45) is 28.6 Å². The Bertz CT molecular complexity index is 938. The molecule has 4 aliphatic carbocycles. The monoisotopic (exact) mass is 488 g/mol. The van der Waals surface area contributed by atoms with Gasteiger partial charge in [0.25, 0.3) is 0 Å². The van der Waals surface area contributed by atoms with Gasteiger partial charge in [-0.15, -0.1) is 0 Å². The molecule has 0 aromatic carbocycles. The first-order chi connectivity index (χ1) is 16.5. The Kier molecular flexibility index (Phi) is 7.04. The van der Waals surface area contributed by atoms with E-state index in [1.807, 2.05) is 13.8 Å². The molecule has 4 unspecified atom stereocenters. The number of carbonyl (C=O) groups is 4. The summed E-state index contributed by atoms with van der Waals surface area (Å²) in [5.74, 6) is -0.852. The van der Waals surface area contributed by atoms with Gasteiger partial charge in [0.15, 0.2) is 18.0 Å². The highest BCUT2D eigenvalue weighted by Gasteiger charge is 2.70. The molecule has 0 radical (unpaired) electrons. The second kappa shape index (κ2) is 9.45. The molecule has 3 saturated carbocycles. The van der Waals surface area contributed by atoms with Crippen molar-refractivity contribution in [3.05, 3.63) is 11.6 Å². The molecule has 0 aromatic rings. The fourth-order valence-electron chi connectivity index (χ4n) is 8.17. The normalized spacial score (nSPS) is 40.1. The standard InChI is InChI=1S/C28H40O7/c1-5-7-24(33)35-28(22(31)16-34-23(32)6-2)13-11-20-19-9-8-17-14-18(29)10-12-26(17,3)25(19)21(30)15-27(20,28)4/h14,19-21,25,30H,5-13,15-16H2,1-4H3/t19?,20?,21?,25?,26-,27-,28-/m0/s1. The zero-order valence-electron chi connectivity index (χ0n) is 21.6. The van der Waals surface area contributed by atoms with Crippen molar-refractivity contribution in [2.45, 2.75) is 104 Å². The fraction of sp³-hybridized carbons (Fsp3) is 0.786. The van der Waals surface area contributed by atoms with Gasteiger partial charge in [-0.3, -0.25) is 19.2 Å². The van der Waals surface area contributed by atoms with Crippen molar-refractivity contribution in [3.63, 3.8) is 0 Å². The van der Waals surface area contributed by atoms with Crippen LogP contribution < -0.4 is 0 Å². The number of esters is 2. The number of rotatable bonds is 7. The van der Waals surface area contributed by atoms with Crippen LogP contribution in [0.1, 0.15) is 91.9 Å². The van der Waals surface area contributed by atoms with E-state index in [4.69, 9.17) is 9.47 Å². The maximum absolute atomic E-state index is 13.7. The molecule has 0 saturated heterocycles. The summed E-state index contributed by atoms with van der Waals surface area (Å²) in [6.07, 6.45) is 6.41. The predicted molar refractivity (Wildman–Crippen MR) is 128 cm³/mol. The van der Waals surface area contributed by atoms with E-state index in [1.165, 1.54) is 0 Å². The lowest BCUT2D eigenvalue weighted by Crippen LogP contribution is -2.63. The quantitative estimate of drug-likeness (QED) is 0.538. The number of hydrogen-bond donors (Lipinski definition) is 1. The van der Waals surface area contributed by atoms with Gasteiger partial charge in [0.1, 0.15) is 0 Å². The van der Waals surface area contributed by atoms with Crippen LogP contribution in [-0.2, 0) is 28.7 Å².